The molecule has 0 saturated carbocycles. The Morgan fingerprint density at radius 1 is 1.02 bits per heavy atom. The minimum atomic E-state index is -0.603. The van der Waals surface area contributed by atoms with Crippen molar-refractivity contribution in [3.63, 3.8) is 0 Å². The van der Waals surface area contributed by atoms with Crippen LogP contribution in [0.5, 0.6) is 11.5 Å². The quantitative estimate of drug-likeness (QED) is 0.241. The minimum absolute atomic E-state index is 0.0673. The predicted octanol–water partition coefficient (Wildman–Crippen LogP) is 5.09. The lowest BCUT2D eigenvalue weighted by atomic mass is 10.0. The number of hydrogen-bond acceptors (Lipinski definition) is 8. The summed E-state index contributed by atoms with van der Waals surface area (Å²) in [5.74, 6) is -0.411. The number of halogens is 1. The summed E-state index contributed by atoms with van der Waals surface area (Å²) in [6.45, 7) is 5.52. The van der Waals surface area contributed by atoms with Gasteiger partial charge in [0.05, 0.1) is 24.3 Å². The van der Waals surface area contributed by atoms with E-state index in [1.54, 1.807) is 10.8 Å². The van der Waals surface area contributed by atoms with Crippen LogP contribution in [0.15, 0.2) is 57.9 Å². The molecule has 238 valence electrons. The number of para-hydroxylation sites is 1. The van der Waals surface area contributed by atoms with Crippen LogP contribution in [-0.4, -0.2) is 85.8 Å². The maximum absolute atomic E-state index is 16.0. The molecular weight excluding hydrogens is 589 g/mol. The number of nitrogens with zero attached hydrogens (tertiary/aromatic N) is 3. The second-order valence-corrected chi connectivity index (χ2v) is 12.4. The molecule has 5 heterocycles. The number of ether oxygens (including phenoxy) is 2. The molecule has 11 heteroatoms. The minimum Gasteiger partial charge on any atom is -0.456 e. The third-order valence-electron chi connectivity index (χ3n) is 9.64. The fraction of sp³-hybridized carbons (Fsp3) is 0.371. The van der Waals surface area contributed by atoms with Crippen molar-refractivity contribution in [3.05, 3.63) is 70.3 Å². The molecule has 3 aromatic carbocycles. The largest absolute Gasteiger partial charge is 0.456 e. The van der Waals surface area contributed by atoms with Gasteiger partial charge in [0.15, 0.2) is 17.3 Å². The van der Waals surface area contributed by atoms with Crippen molar-refractivity contribution in [1.29, 1.82) is 0 Å². The number of anilines is 1. The number of carbonyl (C=O) groups excluding carboxylic acids is 1. The van der Waals surface area contributed by atoms with Crippen molar-refractivity contribution >= 4 is 44.4 Å². The Labute approximate surface area is 264 Å². The second kappa shape index (κ2) is 11.7. The number of rotatable bonds is 8. The molecule has 8 rings (SSSR count). The number of fused-ring (bicyclic) bond motifs is 5. The van der Waals surface area contributed by atoms with Gasteiger partial charge >= 0.3 is 0 Å². The molecule has 2 saturated heterocycles. The van der Waals surface area contributed by atoms with Crippen LogP contribution in [0, 0.1) is 5.82 Å². The lowest BCUT2D eigenvalue weighted by Crippen LogP contribution is -2.42. The highest BCUT2D eigenvalue weighted by Gasteiger charge is 2.30. The number of carbonyl (C=O) groups is 1. The molecule has 3 aliphatic heterocycles. The van der Waals surface area contributed by atoms with E-state index in [0.717, 1.165) is 55.3 Å². The zero-order valence-corrected chi connectivity index (χ0v) is 25.7. The highest BCUT2D eigenvalue weighted by Crippen LogP contribution is 2.47. The SMILES string of the molecule is CN1CCCC1CCNc1c(F)cc2c(=O)c(C(=O)NCCN3CCOCC3)cn3c2c1Oc1cc2c(cc1-3)oc1ccccc12. The van der Waals surface area contributed by atoms with Gasteiger partial charge in [-0.3, -0.25) is 14.5 Å². The molecule has 1 unspecified atom stereocenters. The number of nitrogens with one attached hydrogen (secondary N) is 2. The van der Waals surface area contributed by atoms with Gasteiger partial charge in [0.2, 0.25) is 5.43 Å². The first-order valence-corrected chi connectivity index (χ1v) is 16.0. The summed E-state index contributed by atoms with van der Waals surface area (Å²) in [6, 6.07) is 13.1. The number of furan rings is 1. The summed E-state index contributed by atoms with van der Waals surface area (Å²) in [5, 5.41) is 8.04. The van der Waals surface area contributed by atoms with Crippen LogP contribution in [-0.2, 0) is 4.74 Å². The zero-order chi connectivity index (χ0) is 31.4. The summed E-state index contributed by atoms with van der Waals surface area (Å²) in [4.78, 5) is 31.9. The Kier molecular flexibility index (Phi) is 7.39. The number of likely N-dealkylation sites (tertiary alicyclic amines) is 1. The van der Waals surface area contributed by atoms with Crippen LogP contribution < -0.4 is 20.8 Å². The highest BCUT2D eigenvalue weighted by atomic mass is 19.1. The molecule has 2 N–H and O–H groups in total. The number of aromatic nitrogens is 1. The topological polar surface area (TPSA) is 101 Å². The van der Waals surface area contributed by atoms with Crippen molar-refractivity contribution in [1.82, 2.24) is 19.7 Å². The first kappa shape index (κ1) is 29.0. The summed E-state index contributed by atoms with van der Waals surface area (Å²) in [7, 11) is 2.12. The van der Waals surface area contributed by atoms with E-state index in [0.29, 0.717) is 61.4 Å². The summed E-state index contributed by atoms with van der Waals surface area (Å²) >= 11 is 0. The van der Waals surface area contributed by atoms with Gasteiger partial charge in [0, 0.05) is 61.8 Å². The van der Waals surface area contributed by atoms with E-state index in [9.17, 15) is 9.59 Å². The van der Waals surface area contributed by atoms with Gasteiger partial charge in [-0.15, -0.1) is 0 Å². The summed E-state index contributed by atoms with van der Waals surface area (Å²) < 4.78 is 35.8. The molecular formula is C35H36FN5O5. The lowest BCUT2D eigenvalue weighted by molar-refractivity contribution is 0.0383. The van der Waals surface area contributed by atoms with Crippen molar-refractivity contribution in [2.45, 2.75) is 25.3 Å². The highest BCUT2D eigenvalue weighted by molar-refractivity contribution is 6.07. The van der Waals surface area contributed by atoms with Crippen LogP contribution in [0.2, 0.25) is 0 Å². The Hall–Kier alpha value is -4.45. The molecule has 10 nitrogen and oxygen atoms in total. The van der Waals surface area contributed by atoms with E-state index in [2.05, 4.69) is 27.5 Å². The molecule has 46 heavy (non-hydrogen) atoms. The standard InChI is InChI=1S/C35H36FN5O5/c1-39-11-4-5-21(39)8-9-37-31-26(36)17-24-32-34(31)46-30-18-23-22-6-2-3-7-28(22)45-29(23)19-27(30)41(32)20-25(33(24)42)35(43)38-10-12-40-13-15-44-16-14-40/h2-3,6-7,17-21,37H,4-5,8-16H2,1H3,(H,38,43). The molecule has 1 amide bonds. The molecule has 0 bridgehead atoms. The summed E-state index contributed by atoms with van der Waals surface area (Å²) in [5.41, 5.74) is 1.95. The number of amides is 1. The van der Waals surface area contributed by atoms with E-state index in [1.807, 2.05) is 36.4 Å². The van der Waals surface area contributed by atoms with Crippen molar-refractivity contribution in [2.75, 3.05) is 64.8 Å². The molecule has 1 atom stereocenters. The maximum Gasteiger partial charge on any atom is 0.256 e. The molecule has 2 fully saturated rings. The van der Waals surface area contributed by atoms with E-state index >= 15 is 4.39 Å². The Morgan fingerprint density at radius 3 is 2.70 bits per heavy atom. The number of morpholine rings is 1. The molecule has 0 radical (unpaired) electrons. The van der Waals surface area contributed by atoms with Gasteiger partial charge in [-0.1, -0.05) is 18.2 Å². The average Bonchev–Trinajstić information content (AvgIpc) is 3.65. The fourth-order valence-electron chi connectivity index (χ4n) is 7.12. The Morgan fingerprint density at radius 2 is 1.87 bits per heavy atom. The third-order valence-corrected chi connectivity index (χ3v) is 9.64. The van der Waals surface area contributed by atoms with Crippen LogP contribution in [0.25, 0.3) is 38.5 Å². The smallest absolute Gasteiger partial charge is 0.256 e. The average molecular weight is 626 g/mol. The number of benzene rings is 3. The monoisotopic (exact) mass is 625 g/mol. The normalized spacial score (nSPS) is 18.3. The Balaban J connectivity index is 1.22. The Bertz CT molecular complexity index is 2050. The van der Waals surface area contributed by atoms with Gasteiger partial charge in [-0.25, -0.2) is 4.39 Å². The van der Waals surface area contributed by atoms with Crippen molar-refractivity contribution in [3.8, 4) is 17.2 Å². The zero-order valence-electron chi connectivity index (χ0n) is 25.7. The van der Waals surface area contributed by atoms with Crippen LogP contribution in [0.3, 0.4) is 0 Å². The van der Waals surface area contributed by atoms with E-state index in [4.69, 9.17) is 13.9 Å². The van der Waals surface area contributed by atoms with Crippen molar-refractivity contribution in [2.24, 2.45) is 0 Å². The van der Waals surface area contributed by atoms with E-state index in [-0.39, 0.29) is 22.4 Å². The van der Waals surface area contributed by atoms with Crippen LogP contribution in [0.1, 0.15) is 29.6 Å². The molecule has 0 spiro atoms. The van der Waals surface area contributed by atoms with Crippen LogP contribution >= 0.6 is 0 Å². The first-order valence-electron chi connectivity index (χ1n) is 16.0. The third kappa shape index (κ3) is 4.99. The number of hydrogen-bond donors (Lipinski definition) is 2. The van der Waals surface area contributed by atoms with Gasteiger partial charge in [-0.05, 0) is 51.1 Å². The first-order chi connectivity index (χ1) is 22.5. The fourth-order valence-corrected chi connectivity index (χ4v) is 7.12. The van der Waals surface area contributed by atoms with Gasteiger partial charge < -0.3 is 34.0 Å². The molecule has 0 aliphatic carbocycles. The number of pyridine rings is 1. The maximum atomic E-state index is 16.0. The van der Waals surface area contributed by atoms with Crippen LogP contribution in [0.4, 0.5) is 10.1 Å². The van der Waals surface area contributed by atoms with Gasteiger partial charge in [0.25, 0.3) is 5.91 Å². The van der Waals surface area contributed by atoms with E-state index in [1.165, 1.54) is 6.07 Å². The van der Waals surface area contributed by atoms with E-state index < -0.39 is 17.2 Å². The van der Waals surface area contributed by atoms with Gasteiger partial charge in [0.1, 0.15) is 27.9 Å². The van der Waals surface area contributed by atoms with Gasteiger partial charge in [-0.2, -0.15) is 0 Å². The summed E-state index contributed by atoms with van der Waals surface area (Å²) in [6.07, 6.45) is 4.66. The molecule has 5 aromatic rings. The second-order valence-electron chi connectivity index (χ2n) is 12.4. The predicted molar refractivity (Wildman–Crippen MR) is 175 cm³/mol. The molecule has 2 aromatic heterocycles. The lowest BCUT2D eigenvalue weighted by Gasteiger charge is -2.27. The molecule has 3 aliphatic rings. The van der Waals surface area contributed by atoms with Crippen molar-refractivity contribution < 1.29 is 23.1 Å².